The Morgan fingerprint density at radius 3 is 1.59 bits per heavy atom. The number of hydrogen-bond acceptors (Lipinski definition) is 1. The van der Waals surface area contributed by atoms with Crippen LogP contribution in [0.3, 0.4) is 0 Å². The Balaban J connectivity index is 1.95. The molecule has 0 bridgehead atoms. The normalized spacial score (nSPS) is 11.6. The van der Waals surface area contributed by atoms with Gasteiger partial charge >= 0.3 is 0 Å². The zero-order valence-corrected chi connectivity index (χ0v) is 16.5. The summed E-state index contributed by atoms with van der Waals surface area (Å²) in [6, 6.07) is 37.7. The van der Waals surface area contributed by atoms with Crippen LogP contribution < -0.4 is 0 Å². The standard InChI is InChI=1S/C26H19ClN2/c27-23-16-17-25-24(18-23)28-19-29(25)26(20-10-4-1-5-11-20,21-12-6-2-7-13-21)22-14-8-3-9-15-22/h1-19H. The van der Waals surface area contributed by atoms with Gasteiger partial charge in [0, 0.05) is 5.02 Å². The van der Waals surface area contributed by atoms with Crippen LogP contribution in [-0.2, 0) is 5.54 Å². The van der Waals surface area contributed by atoms with Gasteiger partial charge in [-0.05, 0) is 34.9 Å². The average molecular weight is 395 g/mol. The fraction of sp³-hybridized carbons (Fsp3) is 0.0385. The fourth-order valence-electron chi connectivity index (χ4n) is 4.21. The van der Waals surface area contributed by atoms with Crippen molar-refractivity contribution in [3.8, 4) is 0 Å². The summed E-state index contributed by atoms with van der Waals surface area (Å²) in [4.78, 5) is 4.70. The molecule has 3 heteroatoms. The first-order chi connectivity index (χ1) is 14.3. The van der Waals surface area contributed by atoms with Gasteiger partial charge in [0.1, 0.15) is 5.54 Å². The SMILES string of the molecule is Clc1ccc2c(c1)ncn2C(c1ccccc1)(c1ccccc1)c1ccccc1. The van der Waals surface area contributed by atoms with E-state index >= 15 is 0 Å². The van der Waals surface area contributed by atoms with E-state index in [-0.39, 0.29) is 0 Å². The van der Waals surface area contributed by atoms with Crippen LogP contribution in [0.1, 0.15) is 16.7 Å². The van der Waals surface area contributed by atoms with Gasteiger partial charge in [0.05, 0.1) is 17.4 Å². The Labute approximate surface area is 175 Å². The Kier molecular flexibility index (Phi) is 4.42. The van der Waals surface area contributed by atoms with Gasteiger partial charge in [-0.2, -0.15) is 0 Å². The van der Waals surface area contributed by atoms with E-state index in [1.807, 2.05) is 24.5 Å². The third kappa shape index (κ3) is 2.84. The topological polar surface area (TPSA) is 17.8 Å². The minimum Gasteiger partial charge on any atom is -0.312 e. The van der Waals surface area contributed by atoms with Crippen LogP contribution in [0.5, 0.6) is 0 Å². The van der Waals surface area contributed by atoms with Gasteiger partial charge in [0.2, 0.25) is 0 Å². The molecule has 5 rings (SSSR count). The summed E-state index contributed by atoms with van der Waals surface area (Å²) in [6.07, 6.45) is 1.92. The molecule has 0 aliphatic rings. The zero-order chi connectivity index (χ0) is 19.7. The molecule has 0 aliphatic carbocycles. The van der Waals surface area contributed by atoms with E-state index < -0.39 is 5.54 Å². The molecule has 0 radical (unpaired) electrons. The minimum absolute atomic E-state index is 0.563. The van der Waals surface area contributed by atoms with E-state index in [9.17, 15) is 0 Å². The summed E-state index contributed by atoms with van der Waals surface area (Å²) in [5.41, 5.74) is 4.87. The number of rotatable bonds is 4. The third-order valence-corrected chi connectivity index (χ3v) is 5.68. The molecular weight excluding hydrogens is 376 g/mol. The van der Waals surface area contributed by atoms with Gasteiger partial charge in [-0.3, -0.25) is 0 Å². The summed E-state index contributed by atoms with van der Waals surface area (Å²) in [5.74, 6) is 0. The van der Waals surface area contributed by atoms with Gasteiger partial charge in [-0.15, -0.1) is 0 Å². The lowest BCUT2D eigenvalue weighted by Gasteiger charge is -2.38. The number of imidazole rings is 1. The van der Waals surface area contributed by atoms with Crippen LogP contribution in [0.4, 0.5) is 0 Å². The summed E-state index contributed by atoms with van der Waals surface area (Å²) >= 11 is 6.24. The number of nitrogens with zero attached hydrogens (tertiary/aromatic N) is 2. The maximum Gasteiger partial charge on any atom is 0.122 e. The van der Waals surface area contributed by atoms with Crippen LogP contribution in [-0.4, -0.2) is 9.55 Å². The van der Waals surface area contributed by atoms with Crippen molar-refractivity contribution in [2.24, 2.45) is 0 Å². The summed E-state index contributed by atoms with van der Waals surface area (Å²) in [6.45, 7) is 0. The fourth-order valence-corrected chi connectivity index (χ4v) is 4.37. The van der Waals surface area contributed by atoms with Crippen molar-refractivity contribution in [1.82, 2.24) is 9.55 Å². The molecular formula is C26H19ClN2. The Bertz CT molecular complexity index is 1150. The molecule has 140 valence electrons. The molecule has 0 spiro atoms. The molecule has 29 heavy (non-hydrogen) atoms. The van der Waals surface area contributed by atoms with Crippen LogP contribution in [0, 0.1) is 0 Å². The smallest absolute Gasteiger partial charge is 0.122 e. The highest BCUT2D eigenvalue weighted by molar-refractivity contribution is 6.31. The van der Waals surface area contributed by atoms with Crippen LogP contribution in [0.15, 0.2) is 116 Å². The molecule has 0 unspecified atom stereocenters. The van der Waals surface area contributed by atoms with Crippen molar-refractivity contribution in [2.75, 3.05) is 0 Å². The monoisotopic (exact) mass is 394 g/mol. The van der Waals surface area contributed by atoms with Crippen LogP contribution in [0.2, 0.25) is 5.02 Å². The van der Waals surface area contributed by atoms with Gasteiger partial charge in [-0.25, -0.2) is 4.98 Å². The van der Waals surface area contributed by atoms with E-state index in [0.29, 0.717) is 5.02 Å². The Morgan fingerprint density at radius 2 is 1.10 bits per heavy atom. The van der Waals surface area contributed by atoms with Crippen molar-refractivity contribution >= 4 is 22.6 Å². The second-order valence-electron chi connectivity index (χ2n) is 7.06. The molecule has 0 amide bonds. The van der Waals surface area contributed by atoms with Crippen LogP contribution in [0.25, 0.3) is 11.0 Å². The second kappa shape index (κ2) is 7.23. The highest BCUT2D eigenvalue weighted by Gasteiger charge is 2.39. The Morgan fingerprint density at radius 1 is 0.621 bits per heavy atom. The number of fused-ring (bicyclic) bond motifs is 1. The van der Waals surface area contributed by atoms with E-state index in [0.717, 1.165) is 11.0 Å². The summed E-state index contributed by atoms with van der Waals surface area (Å²) < 4.78 is 2.26. The molecule has 0 saturated carbocycles. The molecule has 4 aromatic carbocycles. The van der Waals surface area contributed by atoms with Gasteiger partial charge < -0.3 is 4.57 Å². The highest BCUT2D eigenvalue weighted by Crippen LogP contribution is 2.42. The maximum atomic E-state index is 6.24. The molecule has 0 atom stereocenters. The third-order valence-electron chi connectivity index (χ3n) is 5.45. The lowest BCUT2D eigenvalue weighted by atomic mass is 9.76. The van der Waals surface area contributed by atoms with Crippen molar-refractivity contribution in [1.29, 1.82) is 0 Å². The van der Waals surface area contributed by atoms with Gasteiger partial charge in [0.15, 0.2) is 0 Å². The number of aromatic nitrogens is 2. The molecule has 0 fully saturated rings. The number of benzene rings is 4. The summed E-state index contributed by atoms with van der Waals surface area (Å²) in [5, 5.41) is 0.687. The number of halogens is 1. The quantitative estimate of drug-likeness (QED) is 0.317. The molecule has 0 saturated heterocycles. The minimum atomic E-state index is -0.563. The first-order valence-electron chi connectivity index (χ1n) is 9.60. The highest BCUT2D eigenvalue weighted by atomic mass is 35.5. The second-order valence-corrected chi connectivity index (χ2v) is 7.49. The van der Waals surface area contributed by atoms with E-state index in [4.69, 9.17) is 16.6 Å². The first-order valence-corrected chi connectivity index (χ1v) is 9.97. The van der Waals surface area contributed by atoms with Crippen LogP contribution >= 0.6 is 11.6 Å². The predicted octanol–water partition coefficient (Wildman–Crippen LogP) is 6.53. The van der Waals surface area contributed by atoms with E-state index in [2.05, 4.69) is 95.6 Å². The zero-order valence-electron chi connectivity index (χ0n) is 15.7. The molecule has 1 heterocycles. The van der Waals surface area contributed by atoms with Crippen molar-refractivity contribution in [3.05, 3.63) is 137 Å². The summed E-state index contributed by atoms with van der Waals surface area (Å²) in [7, 11) is 0. The van der Waals surface area contributed by atoms with Crippen molar-refractivity contribution < 1.29 is 0 Å². The molecule has 1 aromatic heterocycles. The van der Waals surface area contributed by atoms with Gasteiger partial charge in [-0.1, -0.05) is 103 Å². The molecule has 2 nitrogen and oxygen atoms in total. The Hall–Kier alpha value is -3.36. The predicted molar refractivity (Wildman–Crippen MR) is 119 cm³/mol. The van der Waals surface area contributed by atoms with Crippen molar-refractivity contribution in [2.45, 2.75) is 5.54 Å². The van der Waals surface area contributed by atoms with E-state index in [1.54, 1.807) is 0 Å². The van der Waals surface area contributed by atoms with Gasteiger partial charge in [0.25, 0.3) is 0 Å². The molecule has 5 aromatic rings. The lowest BCUT2D eigenvalue weighted by Crippen LogP contribution is -2.37. The number of hydrogen-bond donors (Lipinski definition) is 0. The first kappa shape index (κ1) is 17.7. The largest absolute Gasteiger partial charge is 0.312 e. The maximum absolute atomic E-state index is 6.24. The molecule has 0 N–H and O–H groups in total. The molecule has 0 aliphatic heterocycles. The van der Waals surface area contributed by atoms with Crippen molar-refractivity contribution in [3.63, 3.8) is 0 Å². The average Bonchev–Trinajstić information content (AvgIpc) is 3.20. The van der Waals surface area contributed by atoms with E-state index in [1.165, 1.54) is 16.7 Å². The lowest BCUT2D eigenvalue weighted by molar-refractivity contribution is 0.529.